The Morgan fingerprint density at radius 1 is 1.39 bits per heavy atom. The highest BCUT2D eigenvalue weighted by atomic mass is 16.2. The van der Waals surface area contributed by atoms with E-state index in [2.05, 4.69) is 15.2 Å². The molecule has 0 spiro atoms. The maximum Gasteiger partial charge on any atom is 0.227 e. The molecule has 1 amide bonds. The van der Waals surface area contributed by atoms with Crippen LogP contribution in [-0.2, 0) is 17.8 Å². The molecule has 2 rings (SSSR count). The average Bonchev–Trinajstić information content (AvgIpc) is 2.84. The second-order valence-corrected chi connectivity index (χ2v) is 4.29. The first-order chi connectivity index (χ1) is 8.66. The number of rotatable bonds is 4. The fourth-order valence-corrected chi connectivity index (χ4v) is 1.73. The van der Waals surface area contributed by atoms with E-state index < -0.39 is 0 Å². The van der Waals surface area contributed by atoms with E-state index in [-0.39, 0.29) is 5.91 Å². The molecule has 5 nitrogen and oxygen atoms in total. The molecule has 1 aromatic heterocycles. The zero-order chi connectivity index (χ0) is 13.0. The predicted molar refractivity (Wildman–Crippen MR) is 67.7 cm³/mol. The van der Waals surface area contributed by atoms with E-state index in [4.69, 9.17) is 0 Å². The first-order valence-electron chi connectivity index (χ1n) is 5.79. The average molecular weight is 244 g/mol. The number of carbonyl (C=O) groups excluding carboxylic acids is 1. The van der Waals surface area contributed by atoms with Gasteiger partial charge in [-0.25, -0.2) is 4.98 Å². The number of hydrogen-bond donors (Lipinski definition) is 1. The summed E-state index contributed by atoms with van der Waals surface area (Å²) in [5, 5.41) is 6.50. The van der Waals surface area contributed by atoms with Crippen molar-refractivity contribution in [2.24, 2.45) is 0 Å². The number of nitrogens with zero attached hydrogens (tertiary/aromatic N) is 3. The zero-order valence-electron chi connectivity index (χ0n) is 10.6. The van der Waals surface area contributed by atoms with Crippen LogP contribution >= 0.6 is 0 Å². The Morgan fingerprint density at radius 3 is 2.83 bits per heavy atom. The van der Waals surface area contributed by atoms with E-state index >= 15 is 0 Å². The van der Waals surface area contributed by atoms with Gasteiger partial charge in [-0.15, -0.1) is 0 Å². The third kappa shape index (κ3) is 2.94. The first kappa shape index (κ1) is 12.3. The van der Waals surface area contributed by atoms with Gasteiger partial charge in [0, 0.05) is 7.05 Å². The summed E-state index contributed by atoms with van der Waals surface area (Å²) in [5.74, 6) is 0.760. The molecule has 5 heteroatoms. The Hall–Kier alpha value is -2.17. The number of carbonyl (C=O) groups is 1. The molecular formula is C13H16N4O. The van der Waals surface area contributed by atoms with Gasteiger partial charge in [0.05, 0.1) is 13.0 Å². The van der Waals surface area contributed by atoms with Crippen molar-refractivity contribution in [3.63, 3.8) is 0 Å². The minimum atomic E-state index is 0.0701. The Bertz CT molecular complexity index is 522. The lowest BCUT2D eigenvalue weighted by molar-refractivity contribution is -0.129. The van der Waals surface area contributed by atoms with Gasteiger partial charge >= 0.3 is 0 Å². The lowest BCUT2D eigenvalue weighted by Crippen LogP contribution is -2.28. The summed E-state index contributed by atoms with van der Waals surface area (Å²) in [6, 6.07) is 7.92. The highest BCUT2D eigenvalue weighted by Gasteiger charge is 2.12. The van der Waals surface area contributed by atoms with Crippen molar-refractivity contribution >= 4 is 5.91 Å². The fraction of sp³-hybridized carbons (Fsp3) is 0.308. The normalized spacial score (nSPS) is 10.3. The van der Waals surface area contributed by atoms with E-state index in [1.807, 2.05) is 31.2 Å². The number of H-pyrrole nitrogens is 1. The van der Waals surface area contributed by atoms with Crippen LogP contribution in [0.2, 0.25) is 0 Å². The molecule has 0 radical (unpaired) electrons. The number of likely N-dealkylation sites (N-methyl/N-ethyl adjacent to an activating group) is 1. The van der Waals surface area contributed by atoms with Crippen molar-refractivity contribution < 1.29 is 4.79 Å². The lowest BCUT2D eigenvalue weighted by atomic mass is 10.1. The van der Waals surface area contributed by atoms with Gasteiger partial charge in [-0.2, -0.15) is 5.10 Å². The molecule has 94 valence electrons. The predicted octanol–water partition coefficient (Wildman–Crippen LogP) is 1.31. The van der Waals surface area contributed by atoms with Crippen molar-refractivity contribution in [2.45, 2.75) is 19.9 Å². The summed E-state index contributed by atoms with van der Waals surface area (Å²) >= 11 is 0. The molecule has 0 atom stereocenters. The van der Waals surface area contributed by atoms with E-state index in [1.165, 1.54) is 6.33 Å². The summed E-state index contributed by atoms with van der Waals surface area (Å²) in [4.78, 5) is 17.7. The zero-order valence-corrected chi connectivity index (χ0v) is 10.6. The van der Waals surface area contributed by atoms with Crippen LogP contribution in [0.15, 0.2) is 30.6 Å². The Kier molecular flexibility index (Phi) is 3.72. The maximum atomic E-state index is 12.1. The number of hydrogen-bond acceptors (Lipinski definition) is 3. The van der Waals surface area contributed by atoms with Gasteiger partial charge in [0.1, 0.15) is 12.2 Å². The summed E-state index contributed by atoms with van der Waals surface area (Å²) in [6.07, 6.45) is 1.85. The van der Waals surface area contributed by atoms with Gasteiger partial charge in [0.25, 0.3) is 0 Å². The van der Waals surface area contributed by atoms with Crippen molar-refractivity contribution in [1.82, 2.24) is 20.1 Å². The van der Waals surface area contributed by atoms with Gasteiger partial charge in [0.2, 0.25) is 5.91 Å². The molecule has 0 aliphatic heterocycles. The minimum absolute atomic E-state index is 0.0701. The van der Waals surface area contributed by atoms with Crippen LogP contribution in [0.25, 0.3) is 0 Å². The molecule has 0 bridgehead atoms. The molecule has 18 heavy (non-hydrogen) atoms. The molecule has 1 N–H and O–H groups in total. The van der Waals surface area contributed by atoms with Gasteiger partial charge in [-0.1, -0.05) is 24.3 Å². The second kappa shape index (κ2) is 5.44. The maximum absolute atomic E-state index is 12.1. The fourth-order valence-electron chi connectivity index (χ4n) is 1.73. The van der Waals surface area contributed by atoms with Crippen molar-refractivity contribution in [3.8, 4) is 0 Å². The topological polar surface area (TPSA) is 61.9 Å². The molecule has 0 aliphatic rings. The number of aromatic nitrogens is 3. The Balaban J connectivity index is 1.98. The largest absolute Gasteiger partial charge is 0.338 e. The Labute approximate surface area is 106 Å². The second-order valence-electron chi connectivity index (χ2n) is 4.29. The van der Waals surface area contributed by atoms with Crippen LogP contribution in [0.5, 0.6) is 0 Å². The van der Waals surface area contributed by atoms with Crippen molar-refractivity contribution in [3.05, 3.63) is 47.5 Å². The molecule has 0 unspecified atom stereocenters. The molecule has 2 aromatic rings. The van der Waals surface area contributed by atoms with E-state index in [0.29, 0.717) is 18.8 Å². The van der Waals surface area contributed by atoms with Crippen LogP contribution in [0.3, 0.4) is 0 Å². The van der Waals surface area contributed by atoms with E-state index in [0.717, 1.165) is 11.1 Å². The molecule has 1 heterocycles. The van der Waals surface area contributed by atoms with Crippen LogP contribution < -0.4 is 0 Å². The van der Waals surface area contributed by atoms with Crippen LogP contribution in [0.1, 0.15) is 17.0 Å². The molecular weight excluding hydrogens is 228 g/mol. The third-order valence-corrected chi connectivity index (χ3v) is 2.88. The summed E-state index contributed by atoms with van der Waals surface area (Å²) in [6.45, 7) is 2.46. The lowest BCUT2D eigenvalue weighted by Gasteiger charge is -2.16. The summed E-state index contributed by atoms with van der Waals surface area (Å²) in [5.41, 5.74) is 2.20. The summed E-state index contributed by atoms with van der Waals surface area (Å²) in [7, 11) is 1.77. The number of benzene rings is 1. The molecule has 0 aliphatic carbocycles. The molecule has 0 saturated carbocycles. The molecule has 0 fully saturated rings. The van der Waals surface area contributed by atoms with E-state index in [9.17, 15) is 4.79 Å². The first-order valence-corrected chi connectivity index (χ1v) is 5.79. The Morgan fingerprint density at radius 2 is 2.17 bits per heavy atom. The molecule has 0 saturated heterocycles. The van der Waals surface area contributed by atoms with Gasteiger partial charge < -0.3 is 4.90 Å². The highest BCUT2D eigenvalue weighted by Crippen LogP contribution is 2.09. The van der Waals surface area contributed by atoms with E-state index in [1.54, 1.807) is 11.9 Å². The van der Waals surface area contributed by atoms with Crippen molar-refractivity contribution in [2.75, 3.05) is 7.05 Å². The van der Waals surface area contributed by atoms with Gasteiger partial charge in [0.15, 0.2) is 0 Å². The summed E-state index contributed by atoms with van der Waals surface area (Å²) < 4.78 is 0. The quantitative estimate of drug-likeness (QED) is 0.882. The number of nitrogens with one attached hydrogen (secondary N) is 1. The third-order valence-electron chi connectivity index (χ3n) is 2.88. The monoisotopic (exact) mass is 244 g/mol. The van der Waals surface area contributed by atoms with Crippen LogP contribution in [0, 0.1) is 6.92 Å². The standard InChI is InChI=1S/C13H16N4O/c1-10-5-3-4-6-11(10)7-13(18)17(2)8-12-14-9-15-16-12/h3-6,9H,7-8H2,1-2H3,(H,14,15,16). The van der Waals surface area contributed by atoms with Gasteiger partial charge in [-0.3, -0.25) is 9.89 Å². The van der Waals surface area contributed by atoms with Gasteiger partial charge in [-0.05, 0) is 18.1 Å². The SMILES string of the molecule is Cc1ccccc1CC(=O)N(C)Cc1ncn[nH]1. The van der Waals surface area contributed by atoms with Crippen LogP contribution in [-0.4, -0.2) is 33.0 Å². The number of aromatic amines is 1. The van der Waals surface area contributed by atoms with Crippen LogP contribution in [0.4, 0.5) is 0 Å². The minimum Gasteiger partial charge on any atom is -0.338 e. The smallest absolute Gasteiger partial charge is 0.227 e. The number of aryl methyl sites for hydroxylation is 1. The highest BCUT2D eigenvalue weighted by molar-refractivity contribution is 5.78. The molecule has 1 aromatic carbocycles. The number of amides is 1. The van der Waals surface area contributed by atoms with Crippen molar-refractivity contribution in [1.29, 1.82) is 0 Å².